The molecule has 4 unspecified atom stereocenters. The van der Waals surface area contributed by atoms with Crippen LogP contribution in [-0.2, 0) is 0 Å². The van der Waals surface area contributed by atoms with Gasteiger partial charge < -0.3 is 0 Å². The minimum Gasteiger partial charge on any atom is -0.298 e. The Bertz CT molecular complexity index is 266. The number of piperidine rings is 1. The molecule has 2 heterocycles. The van der Waals surface area contributed by atoms with Crippen LogP contribution >= 0.6 is 0 Å². The molecule has 112 valence electrons. The molecule has 2 rings (SSSR count). The van der Waals surface area contributed by atoms with Crippen LogP contribution in [0.5, 0.6) is 0 Å². The van der Waals surface area contributed by atoms with E-state index in [1.165, 1.54) is 58.2 Å². The van der Waals surface area contributed by atoms with Crippen LogP contribution in [0.1, 0.15) is 66.2 Å². The Labute approximate surface area is 120 Å². The molecule has 2 nitrogen and oxygen atoms in total. The van der Waals surface area contributed by atoms with Gasteiger partial charge in [0.05, 0.1) is 0 Å². The van der Waals surface area contributed by atoms with E-state index in [4.69, 9.17) is 0 Å². The Hall–Kier alpha value is -0.0800. The van der Waals surface area contributed by atoms with E-state index >= 15 is 0 Å². The van der Waals surface area contributed by atoms with Gasteiger partial charge in [-0.25, -0.2) is 0 Å². The predicted molar refractivity (Wildman–Crippen MR) is 83.5 cm³/mol. The van der Waals surface area contributed by atoms with E-state index in [0.29, 0.717) is 0 Å². The van der Waals surface area contributed by atoms with Crippen LogP contribution in [0.15, 0.2) is 0 Å². The van der Waals surface area contributed by atoms with Gasteiger partial charge in [0.15, 0.2) is 0 Å². The summed E-state index contributed by atoms with van der Waals surface area (Å²) in [5.74, 6) is 0.872. The van der Waals surface area contributed by atoms with Crippen molar-refractivity contribution in [1.29, 1.82) is 0 Å². The Morgan fingerprint density at radius 1 is 1.11 bits per heavy atom. The second kappa shape index (κ2) is 7.08. The molecule has 0 aliphatic carbocycles. The van der Waals surface area contributed by atoms with E-state index in [0.717, 1.165) is 24.0 Å². The van der Waals surface area contributed by atoms with Crippen molar-refractivity contribution in [2.45, 2.75) is 84.3 Å². The smallest absolute Gasteiger partial charge is 0.0224 e. The third-order valence-corrected chi connectivity index (χ3v) is 5.56. The van der Waals surface area contributed by atoms with Gasteiger partial charge in [-0.1, -0.05) is 33.6 Å². The molecule has 0 aromatic carbocycles. The third kappa shape index (κ3) is 3.72. The number of piperazine rings is 1. The van der Waals surface area contributed by atoms with Crippen LogP contribution in [0.2, 0.25) is 0 Å². The summed E-state index contributed by atoms with van der Waals surface area (Å²) < 4.78 is 0. The highest BCUT2D eigenvalue weighted by molar-refractivity contribution is 4.92. The van der Waals surface area contributed by atoms with Crippen molar-refractivity contribution in [3.05, 3.63) is 0 Å². The van der Waals surface area contributed by atoms with Crippen LogP contribution in [-0.4, -0.2) is 47.6 Å². The van der Waals surface area contributed by atoms with Gasteiger partial charge in [-0.05, 0) is 45.1 Å². The molecule has 2 saturated heterocycles. The third-order valence-electron chi connectivity index (χ3n) is 5.56. The van der Waals surface area contributed by atoms with Crippen molar-refractivity contribution in [2.75, 3.05) is 19.6 Å². The standard InChI is InChI=1S/C17H34N2/c1-5-14(3)11-15(4)19-13-17-9-7-8-10-18(17)12-16(19)6-2/h14-17H,5-13H2,1-4H3. The van der Waals surface area contributed by atoms with Gasteiger partial charge >= 0.3 is 0 Å². The lowest BCUT2D eigenvalue weighted by molar-refractivity contribution is -0.0161. The molecule has 0 spiro atoms. The lowest BCUT2D eigenvalue weighted by atomic mass is 9.92. The van der Waals surface area contributed by atoms with Crippen LogP contribution in [0, 0.1) is 5.92 Å². The van der Waals surface area contributed by atoms with Gasteiger partial charge in [0.1, 0.15) is 0 Å². The van der Waals surface area contributed by atoms with Crippen molar-refractivity contribution in [1.82, 2.24) is 9.80 Å². The van der Waals surface area contributed by atoms with E-state index in [-0.39, 0.29) is 0 Å². The van der Waals surface area contributed by atoms with Gasteiger partial charge in [-0.3, -0.25) is 9.80 Å². The summed E-state index contributed by atoms with van der Waals surface area (Å²) in [6.07, 6.45) is 8.32. The largest absolute Gasteiger partial charge is 0.298 e. The predicted octanol–water partition coefficient (Wildman–Crippen LogP) is 3.76. The number of rotatable bonds is 5. The molecule has 0 saturated carbocycles. The maximum Gasteiger partial charge on any atom is 0.0224 e. The second-order valence-corrected chi connectivity index (χ2v) is 7.00. The maximum atomic E-state index is 2.85. The zero-order valence-electron chi connectivity index (χ0n) is 13.6. The molecule has 19 heavy (non-hydrogen) atoms. The SMILES string of the molecule is CCC(C)CC(C)N1CC2CCCCN2CC1CC. The fraction of sp³-hybridized carbons (Fsp3) is 1.00. The van der Waals surface area contributed by atoms with Crippen molar-refractivity contribution in [2.24, 2.45) is 5.92 Å². The molecule has 2 heteroatoms. The number of hydrogen-bond donors (Lipinski definition) is 0. The number of fused-ring (bicyclic) bond motifs is 1. The summed E-state index contributed by atoms with van der Waals surface area (Å²) in [5.41, 5.74) is 0. The highest BCUT2D eigenvalue weighted by Gasteiger charge is 2.36. The van der Waals surface area contributed by atoms with E-state index < -0.39 is 0 Å². The quantitative estimate of drug-likeness (QED) is 0.747. The van der Waals surface area contributed by atoms with Crippen LogP contribution < -0.4 is 0 Å². The first-order chi connectivity index (χ1) is 9.15. The van der Waals surface area contributed by atoms with Crippen LogP contribution in [0.4, 0.5) is 0 Å². The fourth-order valence-electron chi connectivity index (χ4n) is 4.06. The van der Waals surface area contributed by atoms with E-state index in [2.05, 4.69) is 37.5 Å². The monoisotopic (exact) mass is 266 g/mol. The molecule has 2 fully saturated rings. The van der Waals surface area contributed by atoms with Gasteiger partial charge in [0.2, 0.25) is 0 Å². The minimum atomic E-state index is 0.768. The lowest BCUT2D eigenvalue weighted by Crippen LogP contribution is -2.61. The Balaban J connectivity index is 1.97. The van der Waals surface area contributed by atoms with Crippen molar-refractivity contribution < 1.29 is 0 Å². The van der Waals surface area contributed by atoms with E-state index in [1.807, 2.05) is 0 Å². The zero-order chi connectivity index (χ0) is 13.8. The summed E-state index contributed by atoms with van der Waals surface area (Å²) >= 11 is 0. The molecule has 0 aromatic rings. The molecule has 4 atom stereocenters. The average molecular weight is 266 g/mol. The van der Waals surface area contributed by atoms with Crippen molar-refractivity contribution in [3.8, 4) is 0 Å². The molecule has 0 radical (unpaired) electrons. The summed E-state index contributed by atoms with van der Waals surface area (Å²) in [5, 5.41) is 0. The highest BCUT2D eigenvalue weighted by Crippen LogP contribution is 2.28. The van der Waals surface area contributed by atoms with Crippen LogP contribution in [0.3, 0.4) is 0 Å². The molecule has 0 aromatic heterocycles. The molecule has 0 amide bonds. The van der Waals surface area contributed by atoms with Gasteiger partial charge in [-0.2, -0.15) is 0 Å². The van der Waals surface area contributed by atoms with Gasteiger partial charge in [0.25, 0.3) is 0 Å². The Kier molecular flexibility index (Phi) is 5.70. The number of hydrogen-bond acceptors (Lipinski definition) is 2. The summed E-state index contributed by atoms with van der Waals surface area (Å²) in [7, 11) is 0. The summed E-state index contributed by atoms with van der Waals surface area (Å²) in [6, 6.07) is 2.42. The minimum absolute atomic E-state index is 0.768. The van der Waals surface area contributed by atoms with Gasteiger partial charge in [0, 0.05) is 31.2 Å². The van der Waals surface area contributed by atoms with Crippen LogP contribution in [0.25, 0.3) is 0 Å². The van der Waals surface area contributed by atoms with Gasteiger partial charge in [-0.15, -0.1) is 0 Å². The average Bonchev–Trinajstić information content (AvgIpc) is 2.45. The molecule has 2 aliphatic rings. The molecular formula is C17H34N2. The fourth-order valence-corrected chi connectivity index (χ4v) is 4.06. The topological polar surface area (TPSA) is 6.48 Å². The lowest BCUT2D eigenvalue weighted by Gasteiger charge is -2.50. The molecule has 0 N–H and O–H groups in total. The first-order valence-corrected chi connectivity index (χ1v) is 8.65. The summed E-state index contributed by atoms with van der Waals surface area (Å²) in [6.45, 7) is 13.6. The normalized spacial score (nSPS) is 32.8. The Morgan fingerprint density at radius 2 is 1.89 bits per heavy atom. The first kappa shape index (κ1) is 15.3. The summed E-state index contributed by atoms with van der Waals surface area (Å²) in [4.78, 5) is 5.63. The maximum absolute atomic E-state index is 2.85. The van der Waals surface area contributed by atoms with E-state index in [1.54, 1.807) is 0 Å². The van der Waals surface area contributed by atoms with Crippen molar-refractivity contribution in [3.63, 3.8) is 0 Å². The second-order valence-electron chi connectivity index (χ2n) is 7.00. The Morgan fingerprint density at radius 3 is 2.58 bits per heavy atom. The van der Waals surface area contributed by atoms with E-state index in [9.17, 15) is 0 Å². The molecular weight excluding hydrogens is 232 g/mol. The zero-order valence-corrected chi connectivity index (χ0v) is 13.6. The van der Waals surface area contributed by atoms with Crippen molar-refractivity contribution >= 4 is 0 Å². The molecule has 2 aliphatic heterocycles. The number of nitrogens with zero attached hydrogens (tertiary/aromatic N) is 2. The first-order valence-electron chi connectivity index (χ1n) is 8.65. The highest BCUT2D eigenvalue weighted by atomic mass is 15.3. The molecule has 0 bridgehead atoms.